The van der Waals surface area contributed by atoms with E-state index >= 15 is 0 Å². The number of nitrogens with one attached hydrogen (secondary N) is 1. The molecular formula is C12H17BrN2O. The Balaban J connectivity index is 2.74. The summed E-state index contributed by atoms with van der Waals surface area (Å²) in [7, 11) is 0. The molecule has 0 saturated heterocycles. The maximum Gasteiger partial charge on any atom is 0.228 e. The molecule has 1 N–H and O–H groups in total. The van der Waals surface area contributed by atoms with E-state index in [-0.39, 0.29) is 11.8 Å². The van der Waals surface area contributed by atoms with E-state index in [0.29, 0.717) is 11.7 Å². The predicted octanol–water partition coefficient (Wildman–Crippen LogP) is 3.38. The molecule has 0 aliphatic carbocycles. The summed E-state index contributed by atoms with van der Waals surface area (Å²) in [4.78, 5) is 16.1. The number of rotatable bonds is 3. The quantitative estimate of drug-likeness (QED) is 0.925. The number of carbonyl (C=O) groups is 1. The fraction of sp³-hybridized carbons (Fsp3) is 0.500. The monoisotopic (exact) mass is 284 g/mol. The second-order valence-electron chi connectivity index (χ2n) is 4.29. The van der Waals surface area contributed by atoms with E-state index in [0.717, 1.165) is 10.2 Å². The molecule has 1 aromatic rings. The SMILES string of the molecule is Cc1nc(NC(=O)C(C)C(C)C)ccc1Br. The van der Waals surface area contributed by atoms with Crippen LogP contribution in [0.3, 0.4) is 0 Å². The van der Waals surface area contributed by atoms with Crippen LogP contribution in [0.15, 0.2) is 16.6 Å². The first-order chi connectivity index (χ1) is 7.41. The topological polar surface area (TPSA) is 42.0 Å². The zero-order valence-electron chi connectivity index (χ0n) is 10.0. The number of aromatic nitrogens is 1. The molecule has 1 heterocycles. The van der Waals surface area contributed by atoms with Gasteiger partial charge in [0.05, 0.1) is 5.69 Å². The van der Waals surface area contributed by atoms with Gasteiger partial charge in [0.1, 0.15) is 5.82 Å². The van der Waals surface area contributed by atoms with E-state index in [1.54, 1.807) is 6.07 Å². The molecule has 0 radical (unpaired) electrons. The van der Waals surface area contributed by atoms with Crippen molar-refractivity contribution in [1.29, 1.82) is 0 Å². The minimum absolute atomic E-state index is 0.00856. The number of halogens is 1. The Kier molecular flexibility index (Phi) is 4.47. The highest BCUT2D eigenvalue weighted by Crippen LogP contribution is 2.17. The lowest BCUT2D eigenvalue weighted by molar-refractivity contribution is -0.120. The van der Waals surface area contributed by atoms with E-state index in [1.807, 2.05) is 33.8 Å². The summed E-state index contributed by atoms with van der Waals surface area (Å²) in [5, 5.41) is 2.82. The number of pyridine rings is 1. The first-order valence-electron chi connectivity index (χ1n) is 5.36. The minimum atomic E-state index is -0.00856. The number of aryl methyl sites for hydroxylation is 1. The third-order valence-corrected chi connectivity index (χ3v) is 3.52. The largest absolute Gasteiger partial charge is 0.310 e. The fourth-order valence-corrected chi connectivity index (χ4v) is 1.38. The zero-order valence-corrected chi connectivity index (χ0v) is 11.6. The van der Waals surface area contributed by atoms with Crippen LogP contribution in [0, 0.1) is 18.8 Å². The lowest BCUT2D eigenvalue weighted by atomic mass is 9.97. The maximum atomic E-state index is 11.8. The maximum absolute atomic E-state index is 11.8. The standard InChI is InChI=1S/C12H17BrN2O/c1-7(2)8(3)12(16)15-11-6-5-10(13)9(4)14-11/h5-8H,1-4H3,(H,14,15,16). The van der Waals surface area contributed by atoms with Crippen LogP contribution in [-0.2, 0) is 4.79 Å². The molecule has 0 aliphatic rings. The number of hydrogen-bond acceptors (Lipinski definition) is 2. The van der Waals surface area contributed by atoms with E-state index in [2.05, 4.69) is 26.2 Å². The molecule has 1 atom stereocenters. The number of hydrogen-bond donors (Lipinski definition) is 1. The van der Waals surface area contributed by atoms with E-state index in [4.69, 9.17) is 0 Å². The van der Waals surface area contributed by atoms with Gasteiger partial charge in [-0.15, -0.1) is 0 Å². The molecule has 0 aromatic carbocycles. The zero-order chi connectivity index (χ0) is 12.3. The van der Waals surface area contributed by atoms with Crippen molar-refractivity contribution < 1.29 is 4.79 Å². The molecule has 3 nitrogen and oxygen atoms in total. The Morgan fingerprint density at radius 3 is 2.50 bits per heavy atom. The minimum Gasteiger partial charge on any atom is -0.310 e. The van der Waals surface area contributed by atoms with Gasteiger partial charge in [0.2, 0.25) is 5.91 Å². The molecule has 1 unspecified atom stereocenters. The van der Waals surface area contributed by atoms with Gasteiger partial charge in [-0.2, -0.15) is 0 Å². The Hall–Kier alpha value is -0.900. The van der Waals surface area contributed by atoms with Gasteiger partial charge in [-0.3, -0.25) is 4.79 Å². The van der Waals surface area contributed by atoms with Crippen LogP contribution in [-0.4, -0.2) is 10.9 Å². The summed E-state index contributed by atoms with van der Waals surface area (Å²) in [6, 6.07) is 3.68. The smallest absolute Gasteiger partial charge is 0.228 e. The van der Waals surface area contributed by atoms with Crippen LogP contribution in [0.2, 0.25) is 0 Å². The van der Waals surface area contributed by atoms with Crippen molar-refractivity contribution in [3.63, 3.8) is 0 Å². The molecule has 4 heteroatoms. The second kappa shape index (κ2) is 5.43. The highest BCUT2D eigenvalue weighted by atomic mass is 79.9. The van der Waals surface area contributed by atoms with Gasteiger partial charge in [0.25, 0.3) is 0 Å². The second-order valence-corrected chi connectivity index (χ2v) is 5.14. The van der Waals surface area contributed by atoms with E-state index in [1.165, 1.54) is 0 Å². The molecule has 0 aliphatic heterocycles. The average molecular weight is 285 g/mol. The predicted molar refractivity (Wildman–Crippen MR) is 69.3 cm³/mol. The highest BCUT2D eigenvalue weighted by molar-refractivity contribution is 9.10. The van der Waals surface area contributed by atoms with Gasteiger partial charge in [-0.05, 0) is 40.9 Å². The molecular weight excluding hydrogens is 268 g/mol. The van der Waals surface area contributed by atoms with Crippen LogP contribution in [0.5, 0.6) is 0 Å². The van der Waals surface area contributed by atoms with Gasteiger partial charge in [-0.25, -0.2) is 4.98 Å². The van der Waals surface area contributed by atoms with Gasteiger partial charge in [0.15, 0.2) is 0 Å². The summed E-state index contributed by atoms with van der Waals surface area (Å²) >= 11 is 3.37. The van der Waals surface area contributed by atoms with Gasteiger partial charge < -0.3 is 5.32 Å². The normalized spacial score (nSPS) is 12.6. The van der Waals surface area contributed by atoms with Crippen LogP contribution in [0.1, 0.15) is 26.5 Å². The summed E-state index contributed by atoms with van der Waals surface area (Å²) in [6.07, 6.45) is 0. The number of anilines is 1. The third kappa shape index (κ3) is 3.30. The van der Waals surface area contributed by atoms with E-state index in [9.17, 15) is 4.79 Å². The summed E-state index contributed by atoms with van der Waals surface area (Å²) in [5.41, 5.74) is 0.870. The lowest BCUT2D eigenvalue weighted by Crippen LogP contribution is -2.24. The first-order valence-corrected chi connectivity index (χ1v) is 6.15. The summed E-state index contributed by atoms with van der Waals surface area (Å²) in [5.74, 6) is 0.949. The Morgan fingerprint density at radius 1 is 1.38 bits per heavy atom. The Bertz CT molecular complexity index is 391. The van der Waals surface area contributed by atoms with Crippen molar-refractivity contribution in [3.8, 4) is 0 Å². The molecule has 0 spiro atoms. The van der Waals surface area contributed by atoms with Crippen molar-refractivity contribution in [1.82, 2.24) is 4.98 Å². The van der Waals surface area contributed by atoms with Crippen LogP contribution in [0.25, 0.3) is 0 Å². The molecule has 1 amide bonds. The number of amides is 1. The first kappa shape index (κ1) is 13.2. The number of carbonyl (C=O) groups excluding carboxylic acids is 1. The van der Waals surface area contributed by atoms with Crippen LogP contribution < -0.4 is 5.32 Å². The Morgan fingerprint density at radius 2 is 2.00 bits per heavy atom. The van der Waals surface area contributed by atoms with E-state index < -0.39 is 0 Å². The fourth-order valence-electron chi connectivity index (χ4n) is 1.16. The van der Waals surface area contributed by atoms with Crippen molar-refractivity contribution in [3.05, 3.63) is 22.3 Å². The molecule has 88 valence electrons. The summed E-state index contributed by atoms with van der Waals surface area (Å²) in [6.45, 7) is 7.88. The number of nitrogens with zero attached hydrogens (tertiary/aromatic N) is 1. The molecule has 16 heavy (non-hydrogen) atoms. The molecule has 0 bridgehead atoms. The molecule has 1 rings (SSSR count). The molecule has 0 fully saturated rings. The molecule has 1 aromatic heterocycles. The Labute approximate surface area is 105 Å². The molecule has 0 saturated carbocycles. The average Bonchev–Trinajstić information content (AvgIpc) is 2.22. The third-order valence-electron chi connectivity index (χ3n) is 2.69. The van der Waals surface area contributed by atoms with Crippen molar-refractivity contribution >= 4 is 27.7 Å². The van der Waals surface area contributed by atoms with Crippen molar-refractivity contribution in [2.24, 2.45) is 11.8 Å². The highest BCUT2D eigenvalue weighted by Gasteiger charge is 2.17. The van der Waals surface area contributed by atoms with Gasteiger partial charge in [0, 0.05) is 10.4 Å². The van der Waals surface area contributed by atoms with Crippen molar-refractivity contribution in [2.75, 3.05) is 5.32 Å². The summed E-state index contributed by atoms with van der Waals surface area (Å²) < 4.78 is 0.947. The van der Waals surface area contributed by atoms with Crippen LogP contribution >= 0.6 is 15.9 Å². The van der Waals surface area contributed by atoms with Crippen LogP contribution in [0.4, 0.5) is 5.82 Å². The van der Waals surface area contributed by atoms with Gasteiger partial charge in [-0.1, -0.05) is 20.8 Å². The lowest BCUT2D eigenvalue weighted by Gasteiger charge is -2.15. The van der Waals surface area contributed by atoms with Crippen molar-refractivity contribution in [2.45, 2.75) is 27.7 Å². The van der Waals surface area contributed by atoms with Gasteiger partial charge >= 0.3 is 0 Å².